The number of hydrogen-bond acceptors (Lipinski definition) is 4. The van der Waals surface area contributed by atoms with Crippen molar-refractivity contribution in [3.63, 3.8) is 0 Å². The van der Waals surface area contributed by atoms with Gasteiger partial charge >= 0.3 is 0 Å². The first-order valence-electron chi connectivity index (χ1n) is 7.34. The Bertz CT molecular complexity index is 412. The maximum atomic E-state index is 12.6. The fraction of sp³-hybridized carbons (Fsp3) is 0.667. The van der Waals surface area contributed by atoms with E-state index >= 15 is 0 Å². The summed E-state index contributed by atoms with van der Waals surface area (Å²) in [6.45, 7) is 9.23. The van der Waals surface area contributed by atoms with Crippen LogP contribution in [-0.4, -0.2) is 40.4 Å². The van der Waals surface area contributed by atoms with Crippen LogP contribution < -0.4 is 5.32 Å². The molecule has 112 valence electrons. The van der Waals surface area contributed by atoms with Crippen molar-refractivity contribution >= 4 is 11.7 Å². The molecule has 0 aromatic carbocycles. The van der Waals surface area contributed by atoms with E-state index in [0.29, 0.717) is 17.4 Å². The zero-order valence-corrected chi connectivity index (χ0v) is 13.2. The molecule has 0 saturated heterocycles. The monoisotopic (exact) mass is 278 g/mol. The maximum Gasteiger partial charge on any atom is 0.274 e. The van der Waals surface area contributed by atoms with Gasteiger partial charge in [-0.05, 0) is 18.8 Å². The molecule has 0 radical (unpaired) electrons. The SMILES string of the molecule is CCC(CC)N(CC(C)C)C(=O)c1cnc(NC)cn1. The Labute approximate surface area is 121 Å². The lowest BCUT2D eigenvalue weighted by Crippen LogP contribution is -2.42. The third-order valence-electron chi connectivity index (χ3n) is 3.33. The molecular weight excluding hydrogens is 252 g/mol. The number of carbonyl (C=O) groups is 1. The van der Waals surface area contributed by atoms with Crippen LogP contribution in [0.1, 0.15) is 51.0 Å². The van der Waals surface area contributed by atoms with Crippen molar-refractivity contribution in [1.29, 1.82) is 0 Å². The highest BCUT2D eigenvalue weighted by Crippen LogP contribution is 2.15. The van der Waals surface area contributed by atoms with E-state index in [2.05, 4.69) is 43.0 Å². The predicted octanol–water partition coefficient (Wildman–Crippen LogP) is 2.81. The van der Waals surface area contributed by atoms with Gasteiger partial charge in [-0.15, -0.1) is 0 Å². The van der Waals surface area contributed by atoms with E-state index in [0.717, 1.165) is 19.4 Å². The molecule has 1 aromatic rings. The molecule has 0 spiro atoms. The van der Waals surface area contributed by atoms with Gasteiger partial charge in [0.05, 0.1) is 12.4 Å². The lowest BCUT2D eigenvalue weighted by molar-refractivity contribution is 0.0634. The average molecular weight is 278 g/mol. The van der Waals surface area contributed by atoms with Crippen LogP contribution in [0.4, 0.5) is 5.82 Å². The van der Waals surface area contributed by atoms with Crippen LogP contribution in [-0.2, 0) is 0 Å². The zero-order chi connectivity index (χ0) is 15.1. The smallest absolute Gasteiger partial charge is 0.274 e. The van der Waals surface area contributed by atoms with Crippen molar-refractivity contribution < 1.29 is 4.79 Å². The second-order valence-corrected chi connectivity index (χ2v) is 5.36. The molecular formula is C15H26N4O. The van der Waals surface area contributed by atoms with Crippen LogP contribution >= 0.6 is 0 Å². The van der Waals surface area contributed by atoms with Gasteiger partial charge in [-0.2, -0.15) is 0 Å². The Hall–Kier alpha value is -1.65. The number of anilines is 1. The molecule has 5 heteroatoms. The first-order valence-corrected chi connectivity index (χ1v) is 7.34. The van der Waals surface area contributed by atoms with E-state index in [1.54, 1.807) is 19.4 Å². The van der Waals surface area contributed by atoms with E-state index < -0.39 is 0 Å². The van der Waals surface area contributed by atoms with Gasteiger partial charge in [-0.1, -0.05) is 27.7 Å². The van der Waals surface area contributed by atoms with Gasteiger partial charge in [0.2, 0.25) is 0 Å². The number of amides is 1. The van der Waals surface area contributed by atoms with E-state index in [-0.39, 0.29) is 11.9 Å². The molecule has 0 bridgehead atoms. The highest BCUT2D eigenvalue weighted by atomic mass is 16.2. The highest BCUT2D eigenvalue weighted by Gasteiger charge is 2.24. The van der Waals surface area contributed by atoms with Crippen LogP contribution in [0, 0.1) is 5.92 Å². The van der Waals surface area contributed by atoms with Crippen molar-refractivity contribution in [1.82, 2.24) is 14.9 Å². The molecule has 5 nitrogen and oxygen atoms in total. The topological polar surface area (TPSA) is 58.1 Å². The quantitative estimate of drug-likeness (QED) is 0.833. The summed E-state index contributed by atoms with van der Waals surface area (Å²) in [6.07, 6.45) is 5.05. The van der Waals surface area contributed by atoms with Gasteiger partial charge in [-0.25, -0.2) is 9.97 Å². The number of nitrogens with one attached hydrogen (secondary N) is 1. The molecule has 1 N–H and O–H groups in total. The average Bonchev–Trinajstić information content (AvgIpc) is 2.46. The van der Waals surface area contributed by atoms with Crippen LogP contribution in [0.3, 0.4) is 0 Å². The lowest BCUT2D eigenvalue weighted by atomic mass is 10.1. The fourth-order valence-corrected chi connectivity index (χ4v) is 2.24. The third kappa shape index (κ3) is 4.18. The molecule has 0 unspecified atom stereocenters. The number of nitrogens with zero attached hydrogens (tertiary/aromatic N) is 3. The highest BCUT2D eigenvalue weighted by molar-refractivity contribution is 5.92. The van der Waals surface area contributed by atoms with Crippen molar-refractivity contribution in [3.8, 4) is 0 Å². The largest absolute Gasteiger partial charge is 0.372 e. The van der Waals surface area contributed by atoms with Crippen molar-refractivity contribution in [3.05, 3.63) is 18.1 Å². The van der Waals surface area contributed by atoms with E-state index in [1.165, 1.54) is 0 Å². The molecule has 20 heavy (non-hydrogen) atoms. The molecule has 0 aliphatic heterocycles. The van der Waals surface area contributed by atoms with Gasteiger partial charge in [0.15, 0.2) is 0 Å². The molecule has 1 rings (SSSR count). The molecule has 0 saturated carbocycles. The van der Waals surface area contributed by atoms with Gasteiger partial charge < -0.3 is 10.2 Å². The number of carbonyl (C=O) groups excluding carboxylic acids is 1. The van der Waals surface area contributed by atoms with E-state index in [4.69, 9.17) is 0 Å². The van der Waals surface area contributed by atoms with Crippen LogP contribution in [0.25, 0.3) is 0 Å². The third-order valence-corrected chi connectivity index (χ3v) is 3.33. The summed E-state index contributed by atoms with van der Waals surface area (Å²) < 4.78 is 0. The summed E-state index contributed by atoms with van der Waals surface area (Å²) in [5.41, 5.74) is 0.413. The Morgan fingerprint density at radius 1 is 1.25 bits per heavy atom. The minimum absolute atomic E-state index is 0.0254. The lowest BCUT2D eigenvalue weighted by Gasteiger charge is -2.31. The predicted molar refractivity (Wildman–Crippen MR) is 81.8 cm³/mol. The van der Waals surface area contributed by atoms with Crippen LogP contribution in [0.5, 0.6) is 0 Å². The summed E-state index contributed by atoms with van der Waals surface area (Å²) in [5.74, 6) is 1.08. The van der Waals surface area contributed by atoms with E-state index in [1.807, 2.05) is 4.90 Å². The second-order valence-electron chi connectivity index (χ2n) is 5.36. The molecule has 0 atom stereocenters. The first kappa shape index (κ1) is 16.4. The van der Waals surface area contributed by atoms with Gasteiger partial charge in [0.25, 0.3) is 5.91 Å². The van der Waals surface area contributed by atoms with Gasteiger partial charge in [0, 0.05) is 19.6 Å². The molecule has 0 aliphatic carbocycles. The summed E-state index contributed by atoms with van der Waals surface area (Å²) in [7, 11) is 1.78. The zero-order valence-electron chi connectivity index (χ0n) is 13.2. The van der Waals surface area contributed by atoms with Crippen molar-refractivity contribution in [2.75, 3.05) is 18.9 Å². The maximum absolute atomic E-state index is 12.6. The molecule has 1 amide bonds. The summed E-state index contributed by atoms with van der Waals surface area (Å²) in [5, 5.41) is 2.90. The summed E-state index contributed by atoms with van der Waals surface area (Å²) in [6, 6.07) is 0.260. The number of aromatic nitrogens is 2. The Balaban J connectivity index is 2.95. The number of hydrogen-bond donors (Lipinski definition) is 1. The minimum Gasteiger partial charge on any atom is -0.372 e. The Morgan fingerprint density at radius 2 is 1.90 bits per heavy atom. The van der Waals surface area contributed by atoms with Gasteiger partial charge in [-0.3, -0.25) is 4.79 Å². The van der Waals surface area contributed by atoms with E-state index in [9.17, 15) is 4.79 Å². The summed E-state index contributed by atoms with van der Waals surface area (Å²) in [4.78, 5) is 23.0. The number of rotatable bonds is 7. The van der Waals surface area contributed by atoms with Crippen LogP contribution in [0.2, 0.25) is 0 Å². The molecule has 0 fully saturated rings. The normalized spacial score (nSPS) is 10.9. The minimum atomic E-state index is -0.0254. The second kappa shape index (κ2) is 7.82. The van der Waals surface area contributed by atoms with Crippen LogP contribution in [0.15, 0.2) is 12.4 Å². The summed E-state index contributed by atoms with van der Waals surface area (Å²) >= 11 is 0. The Morgan fingerprint density at radius 3 is 2.30 bits per heavy atom. The van der Waals surface area contributed by atoms with Gasteiger partial charge in [0.1, 0.15) is 11.5 Å². The fourth-order valence-electron chi connectivity index (χ4n) is 2.24. The van der Waals surface area contributed by atoms with Crippen molar-refractivity contribution in [2.24, 2.45) is 5.92 Å². The molecule has 0 aliphatic rings. The molecule has 1 aromatic heterocycles. The Kier molecular flexibility index (Phi) is 6.42. The molecule has 1 heterocycles. The first-order chi connectivity index (χ1) is 9.53. The van der Waals surface area contributed by atoms with Crippen molar-refractivity contribution in [2.45, 2.75) is 46.6 Å². The standard InChI is InChI=1S/C15H26N4O/c1-6-12(7-2)19(10-11(3)4)15(20)13-8-18-14(16-5)9-17-13/h8-9,11-12H,6-7,10H2,1-5H3,(H,16,18).